The summed E-state index contributed by atoms with van der Waals surface area (Å²) in [6.45, 7) is 4.24. The maximum absolute atomic E-state index is 12.0. The molecule has 7 nitrogen and oxygen atoms in total. The molecule has 0 saturated heterocycles. The van der Waals surface area contributed by atoms with Crippen LogP contribution in [0.4, 0.5) is 4.79 Å². The van der Waals surface area contributed by atoms with Crippen molar-refractivity contribution in [2.75, 3.05) is 13.2 Å². The van der Waals surface area contributed by atoms with E-state index in [2.05, 4.69) is 10.6 Å². The van der Waals surface area contributed by atoms with Crippen LogP contribution in [0.15, 0.2) is 18.2 Å². The Hall–Kier alpha value is -1.54. The summed E-state index contributed by atoms with van der Waals surface area (Å²) in [6.07, 6.45) is -1.91. The number of ether oxygens (including phenoxy) is 1. The van der Waals surface area contributed by atoms with Crippen molar-refractivity contribution in [3.63, 3.8) is 0 Å². The molecule has 1 rings (SSSR count). The minimum Gasteiger partial charge on any atom is -0.444 e. The van der Waals surface area contributed by atoms with E-state index in [1.165, 1.54) is 6.07 Å². The molecule has 2 amide bonds. The third-order valence-electron chi connectivity index (χ3n) is 2.98. The van der Waals surface area contributed by atoms with Crippen LogP contribution in [0.3, 0.4) is 0 Å². The number of alkyl carbamates (subject to hydrolysis) is 1. The van der Waals surface area contributed by atoms with Crippen molar-refractivity contribution in [2.45, 2.75) is 38.5 Å². The van der Waals surface area contributed by atoms with E-state index in [1.807, 2.05) is 0 Å². The van der Waals surface area contributed by atoms with Crippen LogP contribution >= 0.6 is 23.2 Å². The van der Waals surface area contributed by atoms with E-state index in [0.29, 0.717) is 10.6 Å². The van der Waals surface area contributed by atoms with Crippen LogP contribution in [0.25, 0.3) is 0 Å². The van der Waals surface area contributed by atoms with Crippen LogP contribution in [0.1, 0.15) is 32.4 Å². The molecule has 25 heavy (non-hydrogen) atoms. The standard InChI is InChI=1S/C16H22Cl2N2O5/c1-16(2,3)25-15(24)20-12(8-21)14(23)19-7-13(22)10-5-4-9(17)6-11(10)18/h4-6,12-13,21-22H,7-8H2,1-3H3,(H,19,23)(H,20,24). The molecule has 0 aliphatic heterocycles. The maximum atomic E-state index is 12.0. The summed E-state index contributed by atoms with van der Waals surface area (Å²) in [5.74, 6) is -0.669. The van der Waals surface area contributed by atoms with Crippen molar-refractivity contribution in [3.05, 3.63) is 33.8 Å². The number of aliphatic hydroxyl groups is 2. The Balaban J connectivity index is 2.59. The van der Waals surface area contributed by atoms with Crippen LogP contribution in [0, 0.1) is 0 Å². The van der Waals surface area contributed by atoms with Gasteiger partial charge in [-0.05, 0) is 32.9 Å². The van der Waals surface area contributed by atoms with Crippen molar-refractivity contribution in [1.29, 1.82) is 0 Å². The number of rotatable bonds is 6. The average Bonchev–Trinajstić information content (AvgIpc) is 2.48. The smallest absolute Gasteiger partial charge is 0.408 e. The molecule has 0 bridgehead atoms. The van der Waals surface area contributed by atoms with Crippen molar-refractivity contribution >= 4 is 35.2 Å². The fourth-order valence-corrected chi connectivity index (χ4v) is 2.38. The van der Waals surface area contributed by atoms with E-state index >= 15 is 0 Å². The minimum absolute atomic E-state index is 0.160. The lowest BCUT2D eigenvalue weighted by Gasteiger charge is -2.23. The van der Waals surface area contributed by atoms with Gasteiger partial charge in [-0.25, -0.2) is 4.79 Å². The van der Waals surface area contributed by atoms with Gasteiger partial charge < -0.3 is 25.6 Å². The zero-order chi connectivity index (χ0) is 19.2. The quantitative estimate of drug-likeness (QED) is 0.592. The van der Waals surface area contributed by atoms with E-state index in [0.717, 1.165) is 0 Å². The van der Waals surface area contributed by atoms with Gasteiger partial charge in [-0.15, -0.1) is 0 Å². The van der Waals surface area contributed by atoms with Gasteiger partial charge in [-0.2, -0.15) is 0 Å². The van der Waals surface area contributed by atoms with E-state index in [4.69, 9.17) is 27.9 Å². The Labute approximate surface area is 156 Å². The molecule has 9 heteroatoms. The number of hydrogen-bond acceptors (Lipinski definition) is 5. The molecule has 1 aromatic carbocycles. The molecule has 2 unspecified atom stereocenters. The molecule has 0 aromatic heterocycles. The topological polar surface area (TPSA) is 108 Å². The first-order chi connectivity index (χ1) is 11.5. The number of halogens is 2. The fourth-order valence-electron chi connectivity index (χ4n) is 1.85. The highest BCUT2D eigenvalue weighted by Crippen LogP contribution is 2.25. The molecule has 140 valence electrons. The first-order valence-electron chi connectivity index (χ1n) is 7.54. The highest BCUT2D eigenvalue weighted by Gasteiger charge is 2.24. The molecule has 0 heterocycles. The Kier molecular flexibility index (Phi) is 7.95. The zero-order valence-corrected chi connectivity index (χ0v) is 15.7. The molecule has 0 aliphatic rings. The van der Waals surface area contributed by atoms with Gasteiger partial charge in [0.2, 0.25) is 5.91 Å². The summed E-state index contributed by atoms with van der Waals surface area (Å²) >= 11 is 11.8. The molecule has 0 spiro atoms. The Morgan fingerprint density at radius 1 is 1.28 bits per heavy atom. The normalized spacial score (nSPS) is 13.7. The molecular weight excluding hydrogens is 371 g/mol. The maximum Gasteiger partial charge on any atom is 0.408 e. The van der Waals surface area contributed by atoms with Crippen molar-refractivity contribution in [3.8, 4) is 0 Å². The van der Waals surface area contributed by atoms with Gasteiger partial charge in [0.25, 0.3) is 0 Å². The Morgan fingerprint density at radius 3 is 2.44 bits per heavy atom. The molecule has 4 N–H and O–H groups in total. The van der Waals surface area contributed by atoms with Crippen LogP contribution in [-0.2, 0) is 9.53 Å². The molecule has 2 atom stereocenters. The molecule has 0 aliphatic carbocycles. The summed E-state index contributed by atoms with van der Waals surface area (Å²) in [7, 11) is 0. The lowest BCUT2D eigenvalue weighted by molar-refractivity contribution is -0.124. The molecule has 0 fully saturated rings. The summed E-state index contributed by atoms with van der Waals surface area (Å²) in [6, 6.07) is 3.38. The molecule has 1 aromatic rings. The second-order valence-corrected chi connectivity index (χ2v) is 7.15. The number of amides is 2. The first-order valence-corrected chi connectivity index (χ1v) is 8.30. The second kappa shape index (κ2) is 9.24. The second-order valence-electron chi connectivity index (χ2n) is 6.31. The van der Waals surface area contributed by atoms with Crippen LogP contribution < -0.4 is 10.6 Å². The minimum atomic E-state index is -1.21. The number of nitrogens with one attached hydrogen (secondary N) is 2. The lowest BCUT2D eigenvalue weighted by Crippen LogP contribution is -2.50. The van der Waals surface area contributed by atoms with Crippen LogP contribution in [-0.4, -0.2) is 47.0 Å². The number of hydrogen-bond donors (Lipinski definition) is 4. The van der Waals surface area contributed by atoms with Crippen molar-refractivity contribution in [1.82, 2.24) is 10.6 Å². The fraction of sp³-hybridized carbons (Fsp3) is 0.500. The monoisotopic (exact) mass is 392 g/mol. The summed E-state index contributed by atoms with van der Waals surface area (Å²) in [4.78, 5) is 23.7. The summed E-state index contributed by atoms with van der Waals surface area (Å²) in [5, 5.41) is 24.8. The predicted molar refractivity (Wildman–Crippen MR) is 94.7 cm³/mol. The van der Waals surface area contributed by atoms with E-state index in [1.54, 1.807) is 32.9 Å². The van der Waals surface area contributed by atoms with Gasteiger partial charge in [0.1, 0.15) is 11.6 Å². The van der Waals surface area contributed by atoms with Gasteiger partial charge in [0.15, 0.2) is 0 Å². The number of aliphatic hydroxyl groups excluding tert-OH is 2. The first kappa shape index (κ1) is 21.5. The van der Waals surface area contributed by atoms with Gasteiger partial charge in [0, 0.05) is 22.2 Å². The van der Waals surface area contributed by atoms with Gasteiger partial charge in [-0.1, -0.05) is 29.3 Å². The van der Waals surface area contributed by atoms with Crippen molar-refractivity contribution in [2.24, 2.45) is 0 Å². The summed E-state index contributed by atoms with van der Waals surface area (Å²) in [5.41, 5.74) is -0.339. The largest absolute Gasteiger partial charge is 0.444 e. The van der Waals surface area contributed by atoms with E-state index < -0.39 is 36.4 Å². The molecule has 0 radical (unpaired) electrons. The predicted octanol–water partition coefficient (Wildman–Crippen LogP) is 2.03. The highest BCUT2D eigenvalue weighted by atomic mass is 35.5. The van der Waals surface area contributed by atoms with E-state index in [-0.39, 0.29) is 11.6 Å². The molecule has 0 saturated carbocycles. The van der Waals surface area contributed by atoms with Crippen LogP contribution in [0.5, 0.6) is 0 Å². The lowest BCUT2D eigenvalue weighted by atomic mass is 10.1. The Bertz CT molecular complexity index is 619. The number of carbonyl (C=O) groups is 2. The average molecular weight is 393 g/mol. The van der Waals surface area contributed by atoms with Gasteiger partial charge in [0.05, 0.1) is 12.7 Å². The van der Waals surface area contributed by atoms with Crippen LogP contribution in [0.2, 0.25) is 10.0 Å². The third kappa shape index (κ3) is 7.48. The highest BCUT2D eigenvalue weighted by molar-refractivity contribution is 6.35. The Morgan fingerprint density at radius 2 is 1.92 bits per heavy atom. The zero-order valence-electron chi connectivity index (χ0n) is 14.2. The third-order valence-corrected chi connectivity index (χ3v) is 3.54. The molecular formula is C16H22Cl2N2O5. The SMILES string of the molecule is CC(C)(C)OC(=O)NC(CO)C(=O)NCC(O)c1ccc(Cl)cc1Cl. The summed E-state index contributed by atoms with van der Waals surface area (Å²) < 4.78 is 5.02. The van der Waals surface area contributed by atoms with E-state index in [9.17, 15) is 19.8 Å². The number of carbonyl (C=O) groups excluding carboxylic acids is 2. The van der Waals surface area contributed by atoms with Gasteiger partial charge >= 0.3 is 6.09 Å². The van der Waals surface area contributed by atoms with Gasteiger partial charge in [-0.3, -0.25) is 4.79 Å². The van der Waals surface area contributed by atoms with Crippen molar-refractivity contribution < 1.29 is 24.5 Å². The number of benzene rings is 1.